The van der Waals surface area contributed by atoms with Gasteiger partial charge in [0.05, 0.1) is 6.42 Å². The Labute approximate surface area is 125 Å². The molecule has 2 aromatic rings. The van der Waals surface area contributed by atoms with E-state index in [9.17, 15) is 4.79 Å². The molecule has 0 radical (unpaired) electrons. The van der Waals surface area contributed by atoms with E-state index in [4.69, 9.17) is 9.84 Å². The maximum atomic E-state index is 10.9. The molecule has 3 heteroatoms. The standard InChI is InChI=1S/C18H20O3/c1-3-14(12-18(19)20)17-10-9-16(11-13(17)2)21-15-7-5-4-6-8-15/h4-11,14H,3,12H2,1-2H3,(H,19,20). The average Bonchev–Trinajstić information content (AvgIpc) is 2.46. The predicted octanol–water partition coefficient (Wildman–Crippen LogP) is 4.76. The van der Waals surface area contributed by atoms with E-state index in [1.807, 2.05) is 62.4 Å². The summed E-state index contributed by atoms with van der Waals surface area (Å²) < 4.78 is 5.79. The third kappa shape index (κ3) is 4.09. The monoisotopic (exact) mass is 284 g/mol. The van der Waals surface area contributed by atoms with Crippen molar-refractivity contribution in [2.24, 2.45) is 0 Å². The molecule has 0 saturated carbocycles. The maximum Gasteiger partial charge on any atom is 0.303 e. The van der Waals surface area contributed by atoms with Crippen molar-refractivity contribution >= 4 is 5.97 Å². The molecule has 1 atom stereocenters. The lowest BCUT2D eigenvalue weighted by Crippen LogP contribution is -2.07. The van der Waals surface area contributed by atoms with E-state index >= 15 is 0 Å². The third-order valence-corrected chi connectivity index (χ3v) is 3.57. The third-order valence-electron chi connectivity index (χ3n) is 3.57. The van der Waals surface area contributed by atoms with Gasteiger partial charge in [0.1, 0.15) is 11.5 Å². The van der Waals surface area contributed by atoms with Gasteiger partial charge in [0.2, 0.25) is 0 Å². The summed E-state index contributed by atoms with van der Waals surface area (Å²) in [7, 11) is 0. The number of aliphatic carboxylic acids is 1. The Balaban J connectivity index is 2.18. The van der Waals surface area contributed by atoms with Gasteiger partial charge in [0, 0.05) is 0 Å². The van der Waals surface area contributed by atoms with Gasteiger partial charge in [-0.3, -0.25) is 4.79 Å². The molecule has 1 unspecified atom stereocenters. The number of aryl methyl sites for hydroxylation is 1. The number of carboxylic acid groups (broad SMARTS) is 1. The number of hydrogen-bond acceptors (Lipinski definition) is 2. The highest BCUT2D eigenvalue weighted by atomic mass is 16.5. The zero-order valence-electron chi connectivity index (χ0n) is 12.4. The molecule has 0 aliphatic heterocycles. The molecule has 0 saturated heterocycles. The molecule has 0 heterocycles. The molecule has 110 valence electrons. The van der Waals surface area contributed by atoms with Crippen molar-refractivity contribution in [3.8, 4) is 11.5 Å². The van der Waals surface area contributed by atoms with Crippen LogP contribution in [0.4, 0.5) is 0 Å². The lowest BCUT2D eigenvalue weighted by atomic mass is 9.90. The molecule has 1 N–H and O–H groups in total. The van der Waals surface area contributed by atoms with Crippen LogP contribution in [0.1, 0.15) is 36.8 Å². The Bertz CT molecular complexity index is 605. The van der Waals surface area contributed by atoms with Crippen molar-refractivity contribution in [2.45, 2.75) is 32.6 Å². The van der Waals surface area contributed by atoms with Gasteiger partial charge < -0.3 is 9.84 Å². The maximum absolute atomic E-state index is 10.9. The second-order valence-corrected chi connectivity index (χ2v) is 5.14. The molecule has 21 heavy (non-hydrogen) atoms. The molecule has 0 bridgehead atoms. The number of ether oxygens (including phenoxy) is 1. The zero-order chi connectivity index (χ0) is 15.2. The fourth-order valence-corrected chi connectivity index (χ4v) is 2.48. The summed E-state index contributed by atoms with van der Waals surface area (Å²) in [4.78, 5) is 10.9. The summed E-state index contributed by atoms with van der Waals surface area (Å²) in [5, 5.41) is 8.99. The van der Waals surface area contributed by atoms with Crippen molar-refractivity contribution in [2.75, 3.05) is 0 Å². The fourth-order valence-electron chi connectivity index (χ4n) is 2.48. The molecular weight excluding hydrogens is 264 g/mol. The van der Waals surface area contributed by atoms with Crippen molar-refractivity contribution in [1.82, 2.24) is 0 Å². The summed E-state index contributed by atoms with van der Waals surface area (Å²) >= 11 is 0. The van der Waals surface area contributed by atoms with Gasteiger partial charge in [0.15, 0.2) is 0 Å². The molecule has 0 aromatic heterocycles. The largest absolute Gasteiger partial charge is 0.481 e. The molecular formula is C18H20O3. The van der Waals surface area contributed by atoms with Crippen LogP contribution < -0.4 is 4.74 Å². The number of carbonyl (C=O) groups is 1. The second-order valence-electron chi connectivity index (χ2n) is 5.14. The SMILES string of the molecule is CCC(CC(=O)O)c1ccc(Oc2ccccc2)cc1C. The molecule has 0 amide bonds. The number of hydrogen-bond donors (Lipinski definition) is 1. The molecule has 0 fully saturated rings. The zero-order valence-corrected chi connectivity index (χ0v) is 12.4. The minimum absolute atomic E-state index is 0.0493. The van der Waals surface area contributed by atoms with Gasteiger partial charge in [-0.25, -0.2) is 0 Å². The molecule has 0 aliphatic carbocycles. The number of rotatable bonds is 6. The van der Waals surface area contributed by atoms with Gasteiger partial charge in [-0.15, -0.1) is 0 Å². The highest BCUT2D eigenvalue weighted by molar-refractivity contribution is 5.68. The van der Waals surface area contributed by atoms with Crippen molar-refractivity contribution in [3.63, 3.8) is 0 Å². The first-order valence-electron chi connectivity index (χ1n) is 7.15. The average molecular weight is 284 g/mol. The van der Waals surface area contributed by atoms with E-state index in [0.29, 0.717) is 0 Å². The number of benzene rings is 2. The molecule has 2 rings (SSSR count). The van der Waals surface area contributed by atoms with Gasteiger partial charge in [-0.05, 0) is 54.7 Å². The van der Waals surface area contributed by atoms with Crippen molar-refractivity contribution in [3.05, 3.63) is 59.7 Å². The Morgan fingerprint density at radius 3 is 2.43 bits per heavy atom. The molecule has 2 aromatic carbocycles. The van der Waals surface area contributed by atoms with Crippen LogP contribution in [0.2, 0.25) is 0 Å². The lowest BCUT2D eigenvalue weighted by Gasteiger charge is -2.17. The van der Waals surface area contributed by atoms with Crippen molar-refractivity contribution < 1.29 is 14.6 Å². The fraction of sp³-hybridized carbons (Fsp3) is 0.278. The normalized spacial score (nSPS) is 11.9. The molecule has 0 spiro atoms. The van der Waals surface area contributed by atoms with Gasteiger partial charge in [-0.1, -0.05) is 31.2 Å². The van der Waals surface area contributed by atoms with Gasteiger partial charge in [-0.2, -0.15) is 0 Å². The highest BCUT2D eigenvalue weighted by Gasteiger charge is 2.16. The van der Waals surface area contributed by atoms with Crippen LogP contribution in [0.15, 0.2) is 48.5 Å². The van der Waals surface area contributed by atoms with Crippen LogP contribution in [0, 0.1) is 6.92 Å². The first kappa shape index (κ1) is 15.1. The van der Waals surface area contributed by atoms with E-state index < -0.39 is 5.97 Å². The minimum atomic E-state index is -0.758. The predicted molar refractivity (Wildman–Crippen MR) is 83.0 cm³/mol. The van der Waals surface area contributed by atoms with Crippen molar-refractivity contribution in [1.29, 1.82) is 0 Å². The van der Waals surface area contributed by atoms with E-state index in [2.05, 4.69) is 0 Å². The van der Waals surface area contributed by atoms with Gasteiger partial charge in [0.25, 0.3) is 0 Å². The summed E-state index contributed by atoms with van der Waals surface area (Å²) in [6, 6.07) is 15.5. The second kappa shape index (κ2) is 6.93. The Morgan fingerprint density at radius 2 is 1.86 bits per heavy atom. The summed E-state index contributed by atoms with van der Waals surface area (Å²) in [6.07, 6.45) is 0.974. The summed E-state index contributed by atoms with van der Waals surface area (Å²) in [6.45, 7) is 4.01. The minimum Gasteiger partial charge on any atom is -0.481 e. The van der Waals surface area contributed by atoms with E-state index in [-0.39, 0.29) is 12.3 Å². The quantitative estimate of drug-likeness (QED) is 0.832. The topological polar surface area (TPSA) is 46.5 Å². The van der Waals surface area contributed by atoms with E-state index in [0.717, 1.165) is 29.0 Å². The number of carboxylic acids is 1. The first-order valence-corrected chi connectivity index (χ1v) is 7.15. The Hall–Kier alpha value is -2.29. The van der Waals surface area contributed by atoms with Crippen LogP contribution >= 0.6 is 0 Å². The number of para-hydroxylation sites is 1. The highest BCUT2D eigenvalue weighted by Crippen LogP contribution is 2.30. The van der Waals surface area contributed by atoms with Crippen LogP contribution in [-0.4, -0.2) is 11.1 Å². The van der Waals surface area contributed by atoms with E-state index in [1.165, 1.54) is 0 Å². The van der Waals surface area contributed by atoms with Crippen LogP contribution in [0.3, 0.4) is 0 Å². The lowest BCUT2D eigenvalue weighted by molar-refractivity contribution is -0.137. The van der Waals surface area contributed by atoms with Gasteiger partial charge >= 0.3 is 5.97 Å². The van der Waals surface area contributed by atoms with Crippen LogP contribution in [0.25, 0.3) is 0 Å². The molecule has 0 aliphatic rings. The van der Waals surface area contributed by atoms with E-state index in [1.54, 1.807) is 0 Å². The smallest absolute Gasteiger partial charge is 0.303 e. The van der Waals surface area contributed by atoms with Crippen LogP contribution in [-0.2, 0) is 4.79 Å². The Morgan fingerprint density at radius 1 is 1.14 bits per heavy atom. The Kier molecular flexibility index (Phi) is 4.99. The van der Waals surface area contributed by atoms with Crippen LogP contribution in [0.5, 0.6) is 11.5 Å². The summed E-state index contributed by atoms with van der Waals surface area (Å²) in [5.74, 6) is 0.856. The summed E-state index contributed by atoms with van der Waals surface area (Å²) in [5.41, 5.74) is 2.15. The first-order chi connectivity index (χ1) is 10.1. The molecule has 3 nitrogen and oxygen atoms in total.